The van der Waals surface area contributed by atoms with Crippen LogP contribution in [0.5, 0.6) is 5.88 Å². The predicted molar refractivity (Wildman–Crippen MR) is 58.9 cm³/mol. The molecule has 0 fully saturated rings. The third kappa shape index (κ3) is 2.01. The number of carboxylic acids is 1. The van der Waals surface area contributed by atoms with Crippen molar-refractivity contribution in [3.05, 3.63) is 29.4 Å². The predicted octanol–water partition coefficient (Wildman–Crippen LogP) is 1.91. The molecule has 1 N–H and O–H groups in total. The molecule has 0 aromatic carbocycles. The maximum absolute atomic E-state index is 10.7. The van der Waals surface area contributed by atoms with E-state index in [1.54, 1.807) is 18.3 Å². The molecule has 2 aromatic rings. The summed E-state index contributed by atoms with van der Waals surface area (Å²) in [5.41, 5.74) is 0.828. The topological polar surface area (TPSA) is 72.3 Å². The molecular formula is C10H8N2O3S. The lowest BCUT2D eigenvalue weighted by Crippen LogP contribution is -1.95. The first-order chi connectivity index (χ1) is 7.70. The first-order valence-electron chi connectivity index (χ1n) is 4.40. The fourth-order valence-electron chi connectivity index (χ4n) is 1.13. The van der Waals surface area contributed by atoms with Crippen molar-refractivity contribution in [1.29, 1.82) is 0 Å². The van der Waals surface area contributed by atoms with Gasteiger partial charge in [-0.05, 0) is 6.07 Å². The van der Waals surface area contributed by atoms with Crippen LogP contribution in [0.4, 0.5) is 0 Å². The fourth-order valence-corrected chi connectivity index (χ4v) is 1.92. The van der Waals surface area contributed by atoms with Gasteiger partial charge in [-0.2, -0.15) is 0 Å². The number of thiazole rings is 1. The van der Waals surface area contributed by atoms with Gasteiger partial charge in [-0.1, -0.05) is 0 Å². The molecule has 2 rings (SSSR count). The Bertz CT molecular complexity index is 507. The second-order valence-corrected chi connectivity index (χ2v) is 3.79. The van der Waals surface area contributed by atoms with Crippen molar-refractivity contribution in [2.75, 3.05) is 7.11 Å². The van der Waals surface area contributed by atoms with Crippen molar-refractivity contribution in [2.45, 2.75) is 0 Å². The molecule has 0 aliphatic rings. The lowest BCUT2D eigenvalue weighted by Gasteiger charge is -1.98. The van der Waals surface area contributed by atoms with Crippen molar-refractivity contribution in [2.24, 2.45) is 0 Å². The largest absolute Gasteiger partial charge is 0.481 e. The number of nitrogens with zero attached hydrogens (tertiary/aromatic N) is 2. The molecule has 0 saturated carbocycles. The molecule has 0 radical (unpaired) electrons. The summed E-state index contributed by atoms with van der Waals surface area (Å²) in [6.45, 7) is 0. The van der Waals surface area contributed by atoms with Gasteiger partial charge in [0.1, 0.15) is 5.01 Å². The van der Waals surface area contributed by atoms with Crippen LogP contribution in [0.15, 0.2) is 23.7 Å². The van der Waals surface area contributed by atoms with E-state index >= 15 is 0 Å². The number of hydrogen-bond acceptors (Lipinski definition) is 5. The quantitative estimate of drug-likeness (QED) is 0.881. The smallest absolute Gasteiger partial charge is 0.355 e. The first-order valence-corrected chi connectivity index (χ1v) is 5.28. The zero-order chi connectivity index (χ0) is 11.5. The SMILES string of the molecule is COc1ccc(-c2nc(C(=O)O)cs2)cn1. The number of methoxy groups -OCH3 is 1. The zero-order valence-electron chi connectivity index (χ0n) is 8.38. The monoisotopic (exact) mass is 236 g/mol. The van der Waals surface area contributed by atoms with E-state index in [0.717, 1.165) is 5.56 Å². The number of carboxylic acid groups (broad SMARTS) is 1. The summed E-state index contributed by atoms with van der Waals surface area (Å²) >= 11 is 1.27. The molecule has 6 heteroatoms. The summed E-state index contributed by atoms with van der Waals surface area (Å²) in [6.07, 6.45) is 1.60. The summed E-state index contributed by atoms with van der Waals surface area (Å²) in [6, 6.07) is 3.49. The summed E-state index contributed by atoms with van der Waals surface area (Å²) < 4.78 is 4.93. The van der Waals surface area contributed by atoms with E-state index in [1.165, 1.54) is 23.8 Å². The minimum absolute atomic E-state index is 0.0517. The zero-order valence-corrected chi connectivity index (χ0v) is 9.19. The highest BCUT2D eigenvalue weighted by Gasteiger charge is 2.10. The van der Waals surface area contributed by atoms with Gasteiger partial charge in [-0.3, -0.25) is 0 Å². The molecule has 0 bridgehead atoms. The van der Waals surface area contributed by atoms with Crippen molar-refractivity contribution in [3.63, 3.8) is 0 Å². The molecule has 0 amide bonds. The normalized spacial score (nSPS) is 10.1. The van der Waals surface area contributed by atoms with Gasteiger partial charge < -0.3 is 9.84 Å². The maximum Gasteiger partial charge on any atom is 0.355 e. The molecule has 2 aromatic heterocycles. The van der Waals surface area contributed by atoms with Gasteiger partial charge >= 0.3 is 5.97 Å². The lowest BCUT2D eigenvalue weighted by molar-refractivity contribution is 0.0691. The van der Waals surface area contributed by atoms with Crippen LogP contribution >= 0.6 is 11.3 Å². The molecule has 0 unspecified atom stereocenters. The van der Waals surface area contributed by atoms with Gasteiger partial charge in [-0.25, -0.2) is 14.8 Å². The molecule has 0 atom stereocenters. The Morgan fingerprint density at radius 2 is 2.31 bits per heavy atom. The summed E-state index contributed by atoms with van der Waals surface area (Å²) in [5, 5.41) is 10.9. The van der Waals surface area contributed by atoms with Crippen molar-refractivity contribution in [1.82, 2.24) is 9.97 Å². The Morgan fingerprint density at radius 3 is 2.81 bits per heavy atom. The van der Waals surface area contributed by atoms with Gasteiger partial charge in [0.05, 0.1) is 7.11 Å². The number of ether oxygens (including phenoxy) is 1. The number of aromatic nitrogens is 2. The average molecular weight is 236 g/mol. The van der Waals surface area contributed by atoms with Crippen LogP contribution < -0.4 is 4.74 Å². The Labute approximate surface area is 95.4 Å². The van der Waals surface area contributed by atoms with E-state index < -0.39 is 5.97 Å². The van der Waals surface area contributed by atoms with E-state index in [9.17, 15) is 4.79 Å². The third-order valence-electron chi connectivity index (χ3n) is 1.92. The highest BCUT2D eigenvalue weighted by atomic mass is 32.1. The van der Waals surface area contributed by atoms with E-state index in [4.69, 9.17) is 9.84 Å². The molecule has 0 aliphatic heterocycles. The summed E-state index contributed by atoms with van der Waals surface area (Å²) in [5.74, 6) is -0.511. The highest BCUT2D eigenvalue weighted by molar-refractivity contribution is 7.13. The Balaban J connectivity index is 2.31. The first kappa shape index (κ1) is 10.6. The van der Waals surface area contributed by atoms with Crippen LogP contribution in [-0.2, 0) is 0 Å². The Morgan fingerprint density at radius 1 is 1.50 bits per heavy atom. The molecule has 16 heavy (non-hydrogen) atoms. The van der Waals surface area contributed by atoms with Crippen LogP contribution in [-0.4, -0.2) is 28.2 Å². The van der Waals surface area contributed by atoms with Crippen LogP contribution in [0.2, 0.25) is 0 Å². The second kappa shape index (κ2) is 4.28. The second-order valence-electron chi connectivity index (χ2n) is 2.93. The molecular weight excluding hydrogens is 228 g/mol. The van der Waals surface area contributed by atoms with Crippen LogP contribution in [0.25, 0.3) is 10.6 Å². The van der Waals surface area contributed by atoms with Crippen molar-refractivity contribution in [3.8, 4) is 16.5 Å². The minimum Gasteiger partial charge on any atom is -0.481 e. The van der Waals surface area contributed by atoms with Crippen LogP contribution in [0.3, 0.4) is 0 Å². The average Bonchev–Trinajstić information content (AvgIpc) is 2.78. The minimum atomic E-state index is -1.02. The van der Waals surface area contributed by atoms with E-state index in [1.807, 2.05) is 0 Å². The number of rotatable bonds is 3. The number of hydrogen-bond donors (Lipinski definition) is 1. The van der Waals surface area contributed by atoms with Gasteiger partial charge in [0.15, 0.2) is 5.69 Å². The molecule has 82 valence electrons. The molecule has 2 heterocycles. The van der Waals surface area contributed by atoms with E-state index in [0.29, 0.717) is 10.9 Å². The fraction of sp³-hybridized carbons (Fsp3) is 0.100. The summed E-state index contributed by atoms with van der Waals surface area (Å²) in [4.78, 5) is 18.7. The van der Waals surface area contributed by atoms with Crippen LogP contribution in [0.1, 0.15) is 10.5 Å². The van der Waals surface area contributed by atoms with Gasteiger partial charge in [0.25, 0.3) is 0 Å². The molecule has 0 saturated heterocycles. The van der Waals surface area contributed by atoms with Crippen molar-refractivity contribution < 1.29 is 14.6 Å². The van der Waals surface area contributed by atoms with E-state index in [-0.39, 0.29) is 5.69 Å². The molecule has 0 spiro atoms. The molecule has 0 aliphatic carbocycles. The Kier molecular flexibility index (Phi) is 2.82. The van der Waals surface area contributed by atoms with Gasteiger partial charge in [0, 0.05) is 23.2 Å². The highest BCUT2D eigenvalue weighted by Crippen LogP contribution is 2.24. The maximum atomic E-state index is 10.7. The van der Waals surface area contributed by atoms with Gasteiger partial charge in [-0.15, -0.1) is 11.3 Å². The number of carbonyl (C=O) groups is 1. The number of aromatic carboxylic acids is 1. The van der Waals surface area contributed by atoms with Crippen molar-refractivity contribution >= 4 is 17.3 Å². The Hall–Kier alpha value is -1.95. The van der Waals surface area contributed by atoms with Gasteiger partial charge in [0.2, 0.25) is 5.88 Å². The lowest BCUT2D eigenvalue weighted by atomic mass is 10.3. The van der Waals surface area contributed by atoms with Crippen LogP contribution in [0, 0.1) is 0 Å². The summed E-state index contributed by atoms with van der Waals surface area (Å²) in [7, 11) is 1.54. The third-order valence-corrected chi connectivity index (χ3v) is 2.81. The number of pyridine rings is 1. The standard InChI is InChI=1S/C10H8N2O3S/c1-15-8-3-2-6(4-11-8)9-12-7(5-16-9)10(13)14/h2-5H,1H3,(H,13,14). The molecule has 5 nitrogen and oxygen atoms in total. The van der Waals surface area contributed by atoms with E-state index in [2.05, 4.69) is 9.97 Å².